The molecule has 1 N–H and O–H groups in total. The predicted molar refractivity (Wildman–Crippen MR) is 109 cm³/mol. The minimum Gasteiger partial charge on any atom is -0.497 e. The normalized spacial score (nSPS) is 15.9. The van der Waals surface area contributed by atoms with E-state index in [0.717, 1.165) is 24.2 Å². The number of hydrogen-bond acceptors (Lipinski definition) is 6. The summed E-state index contributed by atoms with van der Waals surface area (Å²) in [6.45, 7) is 1.48. The lowest BCUT2D eigenvalue weighted by molar-refractivity contribution is -0.384. The molecule has 0 bridgehead atoms. The van der Waals surface area contributed by atoms with E-state index >= 15 is 0 Å². The molecule has 154 valence electrons. The summed E-state index contributed by atoms with van der Waals surface area (Å²) in [5, 5.41) is 14.5. The van der Waals surface area contributed by atoms with Crippen molar-refractivity contribution < 1.29 is 19.2 Å². The van der Waals surface area contributed by atoms with Crippen molar-refractivity contribution in [3.8, 4) is 5.75 Å². The standard InChI is InChI=1S/C21H25N3O5/c1-28-12-10-22-18-9-8-16(14-20(18)24(26)27)21(25)23-11-4-7-19(23)15-5-3-6-17(13-15)29-2/h3,5-6,8-9,13-14,19,22H,4,7,10-12H2,1-2H3. The third kappa shape index (κ3) is 4.65. The van der Waals surface area contributed by atoms with Gasteiger partial charge in [0.2, 0.25) is 0 Å². The molecule has 0 spiro atoms. The van der Waals surface area contributed by atoms with Gasteiger partial charge in [0, 0.05) is 31.8 Å². The van der Waals surface area contributed by atoms with Crippen LogP contribution in [0.2, 0.25) is 0 Å². The first-order valence-electron chi connectivity index (χ1n) is 9.51. The van der Waals surface area contributed by atoms with Crippen LogP contribution in [0.25, 0.3) is 0 Å². The number of nitrogens with one attached hydrogen (secondary N) is 1. The fourth-order valence-electron chi connectivity index (χ4n) is 3.62. The topological polar surface area (TPSA) is 93.9 Å². The zero-order valence-electron chi connectivity index (χ0n) is 16.6. The molecular weight excluding hydrogens is 374 g/mol. The molecule has 3 rings (SSSR count). The number of nitrogens with zero attached hydrogens (tertiary/aromatic N) is 2. The maximum atomic E-state index is 13.2. The van der Waals surface area contributed by atoms with Crippen molar-refractivity contribution in [2.45, 2.75) is 18.9 Å². The van der Waals surface area contributed by atoms with Gasteiger partial charge in [-0.25, -0.2) is 0 Å². The molecule has 1 saturated heterocycles. The van der Waals surface area contributed by atoms with Crippen molar-refractivity contribution in [3.05, 3.63) is 63.7 Å². The van der Waals surface area contributed by atoms with E-state index in [0.29, 0.717) is 30.9 Å². The Balaban J connectivity index is 1.84. The number of anilines is 1. The van der Waals surface area contributed by atoms with E-state index in [4.69, 9.17) is 9.47 Å². The van der Waals surface area contributed by atoms with E-state index in [-0.39, 0.29) is 17.6 Å². The number of nitro groups is 1. The van der Waals surface area contributed by atoms with Crippen molar-refractivity contribution in [2.75, 3.05) is 39.2 Å². The first kappa shape index (κ1) is 20.6. The second kappa shape index (κ2) is 9.38. The van der Waals surface area contributed by atoms with Crippen LogP contribution in [-0.4, -0.2) is 49.6 Å². The second-order valence-electron chi connectivity index (χ2n) is 6.84. The van der Waals surface area contributed by atoms with Crippen molar-refractivity contribution in [2.24, 2.45) is 0 Å². The Hall–Kier alpha value is -3.13. The van der Waals surface area contributed by atoms with Gasteiger partial charge in [-0.2, -0.15) is 0 Å². The Labute approximate surface area is 169 Å². The molecule has 8 nitrogen and oxygen atoms in total. The summed E-state index contributed by atoms with van der Waals surface area (Å²) in [5.74, 6) is 0.533. The molecular formula is C21H25N3O5. The first-order valence-corrected chi connectivity index (χ1v) is 9.51. The monoisotopic (exact) mass is 399 g/mol. The third-order valence-corrected chi connectivity index (χ3v) is 5.06. The number of benzene rings is 2. The lowest BCUT2D eigenvalue weighted by Crippen LogP contribution is -2.30. The van der Waals surface area contributed by atoms with Crippen molar-refractivity contribution in [1.29, 1.82) is 0 Å². The van der Waals surface area contributed by atoms with Crippen LogP contribution in [-0.2, 0) is 4.74 Å². The minimum absolute atomic E-state index is 0.0730. The molecule has 8 heteroatoms. The van der Waals surface area contributed by atoms with E-state index < -0.39 is 4.92 Å². The maximum Gasteiger partial charge on any atom is 0.293 e. The van der Waals surface area contributed by atoms with Gasteiger partial charge >= 0.3 is 0 Å². The van der Waals surface area contributed by atoms with Crippen LogP contribution in [0.5, 0.6) is 5.75 Å². The van der Waals surface area contributed by atoms with E-state index in [9.17, 15) is 14.9 Å². The fraction of sp³-hybridized carbons (Fsp3) is 0.381. The third-order valence-electron chi connectivity index (χ3n) is 5.06. The zero-order chi connectivity index (χ0) is 20.8. The van der Waals surface area contributed by atoms with E-state index in [1.807, 2.05) is 24.3 Å². The number of amides is 1. The number of likely N-dealkylation sites (tertiary alicyclic amines) is 1. The van der Waals surface area contributed by atoms with Crippen molar-refractivity contribution >= 4 is 17.3 Å². The molecule has 1 heterocycles. The van der Waals surface area contributed by atoms with Crippen molar-refractivity contribution in [3.63, 3.8) is 0 Å². The highest BCUT2D eigenvalue weighted by atomic mass is 16.6. The van der Waals surface area contributed by atoms with Crippen LogP contribution in [0.15, 0.2) is 42.5 Å². The molecule has 1 aliphatic heterocycles. The summed E-state index contributed by atoms with van der Waals surface area (Å²) in [6, 6.07) is 12.2. The fourth-order valence-corrected chi connectivity index (χ4v) is 3.62. The lowest BCUT2D eigenvalue weighted by atomic mass is 10.0. The molecule has 1 unspecified atom stereocenters. The largest absolute Gasteiger partial charge is 0.497 e. The minimum atomic E-state index is -0.477. The van der Waals surface area contributed by atoms with Crippen molar-refractivity contribution in [1.82, 2.24) is 4.90 Å². The number of carbonyl (C=O) groups excluding carboxylic acids is 1. The molecule has 2 aromatic rings. The molecule has 2 aromatic carbocycles. The van der Waals surface area contributed by atoms with Crippen LogP contribution in [0, 0.1) is 10.1 Å². The Morgan fingerprint density at radius 3 is 2.83 bits per heavy atom. The molecule has 1 fully saturated rings. The molecule has 1 aliphatic rings. The SMILES string of the molecule is COCCNc1ccc(C(=O)N2CCCC2c2cccc(OC)c2)cc1[N+](=O)[O-]. The Morgan fingerprint density at radius 2 is 2.10 bits per heavy atom. The highest BCUT2D eigenvalue weighted by molar-refractivity contribution is 5.96. The lowest BCUT2D eigenvalue weighted by Gasteiger charge is -2.25. The summed E-state index contributed by atoms with van der Waals surface area (Å²) >= 11 is 0. The number of rotatable bonds is 8. The zero-order valence-corrected chi connectivity index (χ0v) is 16.6. The number of carbonyl (C=O) groups is 1. The molecule has 0 aromatic heterocycles. The predicted octanol–water partition coefficient (Wildman–Crippen LogP) is 3.64. The van der Waals surface area contributed by atoms with Gasteiger partial charge in [-0.3, -0.25) is 14.9 Å². The molecule has 0 aliphatic carbocycles. The van der Waals surface area contributed by atoms with Crippen LogP contribution >= 0.6 is 0 Å². The summed E-state index contributed by atoms with van der Waals surface area (Å²) in [4.78, 5) is 26.0. The number of methoxy groups -OCH3 is 2. The Bertz CT molecular complexity index is 886. The average molecular weight is 399 g/mol. The molecule has 1 atom stereocenters. The first-order chi connectivity index (χ1) is 14.0. The van der Waals surface area contributed by atoms with Gasteiger partial charge in [0.25, 0.3) is 11.6 Å². The molecule has 0 radical (unpaired) electrons. The summed E-state index contributed by atoms with van der Waals surface area (Å²) < 4.78 is 10.3. The highest BCUT2D eigenvalue weighted by Gasteiger charge is 2.31. The summed E-state index contributed by atoms with van der Waals surface area (Å²) in [7, 11) is 3.17. The van der Waals surface area contributed by atoms with Crippen LogP contribution in [0.4, 0.5) is 11.4 Å². The smallest absolute Gasteiger partial charge is 0.293 e. The van der Waals surface area contributed by atoms with Crippen LogP contribution in [0.1, 0.15) is 34.8 Å². The molecule has 1 amide bonds. The average Bonchev–Trinajstić information content (AvgIpc) is 3.23. The number of hydrogen-bond donors (Lipinski definition) is 1. The van der Waals surface area contributed by atoms with Crippen LogP contribution < -0.4 is 10.1 Å². The van der Waals surface area contributed by atoms with Gasteiger partial charge in [-0.05, 0) is 42.7 Å². The van der Waals surface area contributed by atoms with Crippen LogP contribution in [0.3, 0.4) is 0 Å². The Kier molecular flexibility index (Phi) is 6.66. The second-order valence-corrected chi connectivity index (χ2v) is 6.84. The van der Waals surface area contributed by atoms with Gasteiger partial charge in [-0.1, -0.05) is 12.1 Å². The number of nitro benzene ring substituents is 1. The van der Waals surface area contributed by atoms with Gasteiger partial charge in [0.15, 0.2) is 0 Å². The van der Waals surface area contributed by atoms with Gasteiger partial charge in [-0.15, -0.1) is 0 Å². The van der Waals surface area contributed by atoms with E-state index in [1.54, 1.807) is 31.3 Å². The van der Waals surface area contributed by atoms with Gasteiger partial charge in [0.05, 0.1) is 24.7 Å². The molecule has 29 heavy (non-hydrogen) atoms. The summed E-state index contributed by atoms with van der Waals surface area (Å²) in [5.41, 5.74) is 1.56. The summed E-state index contributed by atoms with van der Waals surface area (Å²) in [6.07, 6.45) is 1.73. The highest BCUT2D eigenvalue weighted by Crippen LogP contribution is 2.35. The molecule has 0 saturated carbocycles. The van der Waals surface area contributed by atoms with Gasteiger partial charge < -0.3 is 19.7 Å². The van der Waals surface area contributed by atoms with Gasteiger partial charge in [0.1, 0.15) is 11.4 Å². The van der Waals surface area contributed by atoms with E-state index in [2.05, 4.69) is 5.32 Å². The Morgan fingerprint density at radius 1 is 1.28 bits per heavy atom. The maximum absolute atomic E-state index is 13.2. The van der Waals surface area contributed by atoms with E-state index in [1.165, 1.54) is 6.07 Å². The quantitative estimate of drug-likeness (QED) is 0.414. The number of ether oxygens (including phenoxy) is 2.